The first-order valence-corrected chi connectivity index (χ1v) is 8.17. The fourth-order valence-corrected chi connectivity index (χ4v) is 3.56. The minimum absolute atomic E-state index is 0.00924. The smallest absolute Gasteiger partial charge is 0.341 e. The molecule has 0 fully saturated rings. The first-order chi connectivity index (χ1) is 11.9. The summed E-state index contributed by atoms with van der Waals surface area (Å²) in [4.78, 5) is 23.8. The van der Waals surface area contributed by atoms with E-state index in [1.807, 2.05) is 30.3 Å². The summed E-state index contributed by atoms with van der Waals surface area (Å²) in [7, 11) is 1.47. The van der Waals surface area contributed by atoms with Crippen molar-refractivity contribution in [1.82, 2.24) is 0 Å². The van der Waals surface area contributed by atoms with E-state index in [0.29, 0.717) is 11.1 Å². The number of aliphatic carboxylic acids is 1. The van der Waals surface area contributed by atoms with Gasteiger partial charge in [0.25, 0.3) is 0 Å². The Bertz CT molecular complexity index is 850. The van der Waals surface area contributed by atoms with Crippen LogP contribution in [0.3, 0.4) is 0 Å². The van der Waals surface area contributed by atoms with Crippen LogP contribution in [0.25, 0.3) is 0 Å². The quantitative estimate of drug-likeness (QED) is 0.854. The van der Waals surface area contributed by atoms with Crippen molar-refractivity contribution in [3.8, 4) is 5.75 Å². The topological polar surface area (TPSA) is 72.8 Å². The zero-order chi connectivity index (χ0) is 18.2. The van der Waals surface area contributed by atoms with Gasteiger partial charge in [0.15, 0.2) is 12.2 Å². The second-order valence-corrected chi connectivity index (χ2v) is 6.38. The van der Waals surface area contributed by atoms with E-state index in [9.17, 15) is 9.59 Å². The van der Waals surface area contributed by atoms with Crippen LogP contribution in [0.4, 0.5) is 0 Å². The standard InChI is InChI=1S/C18H14Cl2O5/c1-24-18(11-5-3-2-4-6-11)8-10-7-12(25-9-13(21)22)15(19)16(20)14(10)17(18)23/h2-7H,8-9H2,1H3,(H,21,22). The molecule has 130 valence electrons. The highest BCUT2D eigenvalue weighted by molar-refractivity contribution is 6.45. The number of hydrogen-bond acceptors (Lipinski definition) is 4. The van der Waals surface area contributed by atoms with Gasteiger partial charge < -0.3 is 14.6 Å². The maximum absolute atomic E-state index is 13.1. The van der Waals surface area contributed by atoms with Crippen LogP contribution in [0.2, 0.25) is 10.0 Å². The van der Waals surface area contributed by atoms with Gasteiger partial charge in [0.1, 0.15) is 10.8 Å². The Balaban J connectivity index is 2.09. The average molecular weight is 381 g/mol. The van der Waals surface area contributed by atoms with Crippen LogP contribution in [-0.4, -0.2) is 30.6 Å². The van der Waals surface area contributed by atoms with Gasteiger partial charge in [-0.25, -0.2) is 4.79 Å². The lowest BCUT2D eigenvalue weighted by Gasteiger charge is -2.26. The molecule has 0 aliphatic heterocycles. The molecule has 0 aromatic heterocycles. The summed E-state index contributed by atoms with van der Waals surface area (Å²) in [5, 5.41) is 8.82. The van der Waals surface area contributed by atoms with Gasteiger partial charge in [-0.2, -0.15) is 0 Å². The zero-order valence-electron chi connectivity index (χ0n) is 13.2. The number of carbonyl (C=O) groups excluding carboxylic acids is 1. The summed E-state index contributed by atoms with van der Waals surface area (Å²) < 4.78 is 10.8. The highest BCUT2D eigenvalue weighted by Crippen LogP contribution is 2.47. The number of methoxy groups -OCH3 is 1. The molecule has 1 atom stereocenters. The third-order valence-corrected chi connectivity index (χ3v) is 5.08. The van der Waals surface area contributed by atoms with Crippen molar-refractivity contribution in [2.24, 2.45) is 0 Å². The second kappa shape index (κ2) is 6.67. The summed E-state index contributed by atoms with van der Waals surface area (Å²) >= 11 is 12.5. The number of carboxylic acid groups (broad SMARTS) is 1. The van der Waals surface area contributed by atoms with E-state index in [4.69, 9.17) is 37.8 Å². The van der Waals surface area contributed by atoms with Crippen LogP contribution in [0.1, 0.15) is 21.5 Å². The predicted octanol–water partition coefficient (Wildman–Crippen LogP) is 3.74. The predicted molar refractivity (Wildman–Crippen MR) is 92.8 cm³/mol. The first-order valence-electron chi connectivity index (χ1n) is 7.41. The number of rotatable bonds is 5. The van der Waals surface area contributed by atoms with Crippen molar-refractivity contribution in [2.75, 3.05) is 13.7 Å². The van der Waals surface area contributed by atoms with Crippen molar-refractivity contribution in [2.45, 2.75) is 12.0 Å². The van der Waals surface area contributed by atoms with Crippen LogP contribution in [0, 0.1) is 0 Å². The third kappa shape index (κ3) is 2.88. The summed E-state index contributed by atoms with van der Waals surface area (Å²) in [6.07, 6.45) is 0.252. The highest BCUT2D eigenvalue weighted by atomic mass is 35.5. The normalized spacial score (nSPS) is 18.9. The minimum Gasteiger partial charge on any atom is -0.480 e. The van der Waals surface area contributed by atoms with Crippen LogP contribution < -0.4 is 4.74 Å². The van der Waals surface area contributed by atoms with Crippen molar-refractivity contribution in [1.29, 1.82) is 0 Å². The van der Waals surface area contributed by atoms with Gasteiger partial charge in [-0.3, -0.25) is 4.79 Å². The Hall–Kier alpha value is -2.08. The Labute approximate surface area is 154 Å². The number of halogens is 2. The van der Waals surface area contributed by atoms with E-state index in [1.165, 1.54) is 7.11 Å². The van der Waals surface area contributed by atoms with Gasteiger partial charge in [0.2, 0.25) is 5.78 Å². The zero-order valence-corrected chi connectivity index (χ0v) is 14.7. The van der Waals surface area contributed by atoms with Crippen molar-refractivity contribution < 1.29 is 24.2 Å². The number of carboxylic acids is 1. The Morgan fingerprint density at radius 3 is 2.52 bits per heavy atom. The molecule has 1 N–H and O–H groups in total. The molecule has 0 heterocycles. The maximum Gasteiger partial charge on any atom is 0.341 e. The van der Waals surface area contributed by atoms with Gasteiger partial charge in [-0.1, -0.05) is 53.5 Å². The van der Waals surface area contributed by atoms with Gasteiger partial charge in [0, 0.05) is 19.1 Å². The molecule has 2 aromatic carbocycles. The van der Waals surface area contributed by atoms with Gasteiger partial charge in [0.05, 0.1) is 5.02 Å². The van der Waals surface area contributed by atoms with E-state index in [1.54, 1.807) is 6.07 Å². The lowest BCUT2D eigenvalue weighted by molar-refractivity contribution is -0.139. The lowest BCUT2D eigenvalue weighted by atomic mass is 9.89. The molecule has 0 bridgehead atoms. The SMILES string of the molecule is COC1(c2ccccc2)Cc2cc(OCC(=O)O)c(Cl)c(Cl)c2C1=O. The van der Waals surface area contributed by atoms with Gasteiger partial charge in [-0.05, 0) is 17.2 Å². The molecule has 0 saturated heterocycles. The van der Waals surface area contributed by atoms with Gasteiger partial charge in [-0.15, -0.1) is 0 Å². The third-order valence-electron chi connectivity index (χ3n) is 4.23. The lowest BCUT2D eigenvalue weighted by Crippen LogP contribution is -2.35. The van der Waals surface area contributed by atoms with E-state index in [0.717, 1.165) is 0 Å². The van der Waals surface area contributed by atoms with E-state index >= 15 is 0 Å². The fraction of sp³-hybridized carbons (Fsp3) is 0.222. The largest absolute Gasteiger partial charge is 0.480 e. The number of fused-ring (bicyclic) bond motifs is 1. The first kappa shape index (κ1) is 17.7. The number of carbonyl (C=O) groups is 2. The Kier molecular flexibility index (Phi) is 4.73. The molecule has 2 aromatic rings. The summed E-state index contributed by atoms with van der Waals surface area (Å²) in [6.45, 7) is -0.559. The number of ketones is 1. The van der Waals surface area contributed by atoms with Crippen molar-refractivity contribution in [3.05, 3.63) is 63.1 Å². The number of Topliss-reactive ketones (excluding diaryl/α,β-unsaturated/α-hetero) is 1. The minimum atomic E-state index is -1.19. The molecular formula is C18H14Cl2O5. The summed E-state index contributed by atoms with van der Waals surface area (Å²) in [5.74, 6) is -1.30. The molecular weight excluding hydrogens is 367 g/mol. The number of ether oxygens (including phenoxy) is 2. The molecule has 1 aliphatic rings. The molecule has 3 rings (SSSR count). The van der Waals surface area contributed by atoms with Crippen molar-refractivity contribution in [3.63, 3.8) is 0 Å². The molecule has 0 spiro atoms. The van der Waals surface area contributed by atoms with E-state index < -0.39 is 18.2 Å². The molecule has 5 nitrogen and oxygen atoms in total. The second-order valence-electron chi connectivity index (χ2n) is 5.62. The van der Waals surface area contributed by atoms with Crippen molar-refractivity contribution >= 4 is 35.0 Å². The number of benzene rings is 2. The van der Waals surface area contributed by atoms with E-state index in [2.05, 4.69) is 0 Å². The maximum atomic E-state index is 13.1. The highest BCUT2D eigenvalue weighted by Gasteiger charge is 2.49. The van der Waals surface area contributed by atoms with Crippen LogP contribution >= 0.6 is 23.2 Å². The van der Waals surface area contributed by atoms with Gasteiger partial charge >= 0.3 is 5.97 Å². The molecule has 1 unspecified atom stereocenters. The molecule has 0 amide bonds. The molecule has 1 aliphatic carbocycles. The molecule has 0 saturated carbocycles. The Morgan fingerprint density at radius 2 is 1.92 bits per heavy atom. The van der Waals surface area contributed by atoms with E-state index in [-0.39, 0.29) is 33.6 Å². The Morgan fingerprint density at radius 1 is 1.24 bits per heavy atom. The summed E-state index contributed by atoms with van der Waals surface area (Å²) in [5.41, 5.74) is 0.395. The average Bonchev–Trinajstić information content (AvgIpc) is 2.90. The molecule has 0 radical (unpaired) electrons. The summed E-state index contributed by atoms with van der Waals surface area (Å²) in [6, 6.07) is 10.7. The monoisotopic (exact) mass is 380 g/mol. The van der Waals surface area contributed by atoms with Crippen LogP contribution in [0.5, 0.6) is 5.75 Å². The molecule has 7 heteroatoms. The fourth-order valence-electron chi connectivity index (χ4n) is 3.06. The van der Waals surface area contributed by atoms with Crippen LogP contribution in [0.15, 0.2) is 36.4 Å². The number of hydrogen-bond donors (Lipinski definition) is 1. The van der Waals surface area contributed by atoms with Crippen LogP contribution in [-0.2, 0) is 21.6 Å². The molecule has 25 heavy (non-hydrogen) atoms.